The molecule has 3 rings (SSSR count). The molecule has 0 bridgehead atoms. The SMILES string of the molecule is OCc1nnn(-c2ccc(Cl)cc2)c1Cc1ccccc1. The standard InChI is InChI=1S/C16H14ClN3O/c17-13-6-8-14(9-7-13)20-16(15(11-21)18-19-20)10-12-4-2-1-3-5-12/h1-9,21H,10-11H2. The van der Waals surface area contributed by atoms with Gasteiger partial charge < -0.3 is 5.11 Å². The summed E-state index contributed by atoms with van der Waals surface area (Å²) in [6, 6.07) is 17.4. The van der Waals surface area contributed by atoms with Crippen LogP contribution in [0.1, 0.15) is 17.0 Å². The number of nitrogens with zero attached hydrogens (tertiary/aromatic N) is 3. The third-order valence-corrected chi connectivity index (χ3v) is 3.53. The molecule has 4 nitrogen and oxygen atoms in total. The van der Waals surface area contributed by atoms with E-state index >= 15 is 0 Å². The van der Waals surface area contributed by atoms with Gasteiger partial charge in [0.05, 0.1) is 18.0 Å². The van der Waals surface area contributed by atoms with E-state index in [1.54, 1.807) is 4.68 Å². The molecule has 0 unspecified atom stereocenters. The fourth-order valence-corrected chi connectivity index (χ4v) is 2.34. The van der Waals surface area contributed by atoms with Gasteiger partial charge in [-0.15, -0.1) is 5.10 Å². The summed E-state index contributed by atoms with van der Waals surface area (Å²) in [5.41, 5.74) is 3.49. The molecule has 21 heavy (non-hydrogen) atoms. The topological polar surface area (TPSA) is 50.9 Å². The molecule has 1 N–H and O–H groups in total. The summed E-state index contributed by atoms with van der Waals surface area (Å²) in [5, 5.41) is 18.3. The van der Waals surface area contributed by atoms with Crippen LogP contribution in [0.4, 0.5) is 0 Å². The van der Waals surface area contributed by atoms with Gasteiger partial charge in [-0.1, -0.05) is 47.1 Å². The van der Waals surface area contributed by atoms with Crippen molar-refractivity contribution < 1.29 is 5.11 Å². The molecule has 106 valence electrons. The Morgan fingerprint density at radius 2 is 1.71 bits per heavy atom. The van der Waals surface area contributed by atoms with Crippen molar-refractivity contribution in [1.82, 2.24) is 15.0 Å². The average molecular weight is 300 g/mol. The van der Waals surface area contributed by atoms with E-state index in [-0.39, 0.29) is 6.61 Å². The quantitative estimate of drug-likeness (QED) is 0.806. The van der Waals surface area contributed by atoms with Gasteiger partial charge in [-0.05, 0) is 29.8 Å². The van der Waals surface area contributed by atoms with Crippen molar-refractivity contribution >= 4 is 11.6 Å². The van der Waals surface area contributed by atoms with Gasteiger partial charge in [-0.2, -0.15) is 0 Å². The van der Waals surface area contributed by atoms with E-state index < -0.39 is 0 Å². The Kier molecular flexibility index (Phi) is 3.99. The molecule has 1 aromatic heterocycles. The lowest BCUT2D eigenvalue weighted by Crippen LogP contribution is -2.04. The van der Waals surface area contributed by atoms with Gasteiger partial charge in [-0.25, -0.2) is 4.68 Å². The van der Waals surface area contributed by atoms with E-state index in [1.807, 2.05) is 54.6 Å². The summed E-state index contributed by atoms with van der Waals surface area (Å²) >= 11 is 5.92. The first kappa shape index (κ1) is 13.8. The van der Waals surface area contributed by atoms with Gasteiger partial charge in [0, 0.05) is 11.4 Å². The number of hydrogen-bond donors (Lipinski definition) is 1. The van der Waals surface area contributed by atoms with Gasteiger partial charge in [0.2, 0.25) is 0 Å². The van der Waals surface area contributed by atoms with Crippen LogP contribution in [0.3, 0.4) is 0 Å². The molecule has 1 heterocycles. The molecule has 0 aliphatic carbocycles. The van der Waals surface area contributed by atoms with Gasteiger partial charge in [0.15, 0.2) is 0 Å². The first-order chi connectivity index (χ1) is 10.3. The maximum Gasteiger partial charge on any atom is 0.112 e. The maximum absolute atomic E-state index is 9.46. The van der Waals surface area contributed by atoms with E-state index in [4.69, 9.17) is 11.6 Å². The van der Waals surface area contributed by atoms with Crippen molar-refractivity contribution in [3.05, 3.63) is 76.6 Å². The molecule has 0 amide bonds. The second-order valence-electron chi connectivity index (χ2n) is 4.69. The molecule has 0 saturated carbocycles. The number of aromatic nitrogens is 3. The van der Waals surface area contributed by atoms with Crippen LogP contribution in [-0.4, -0.2) is 20.1 Å². The summed E-state index contributed by atoms with van der Waals surface area (Å²) < 4.78 is 1.74. The highest BCUT2D eigenvalue weighted by Gasteiger charge is 2.14. The average Bonchev–Trinajstić information content (AvgIpc) is 2.92. The number of halogens is 1. The van der Waals surface area contributed by atoms with E-state index in [2.05, 4.69) is 10.3 Å². The normalized spacial score (nSPS) is 10.8. The van der Waals surface area contributed by atoms with Crippen LogP contribution in [0.15, 0.2) is 54.6 Å². The maximum atomic E-state index is 9.46. The first-order valence-electron chi connectivity index (χ1n) is 6.62. The Bertz CT molecular complexity index is 723. The number of aliphatic hydroxyl groups excluding tert-OH is 1. The zero-order valence-electron chi connectivity index (χ0n) is 11.3. The third-order valence-electron chi connectivity index (χ3n) is 3.28. The van der Waals surface area contributed by atoms with Crippen molar-refractivity contribution in [1.29, 1.82) is 0 Å². The summed E-state index contributed by atoms with van der Waals surface area (Å²) in [5.74, 6) is 0. The molecule has 3 aromatic rings. The summed E-state index contributed by atoms with van der Waals surface area (Å²) in [4.78, 5) is 0. The number of aliphatic hydroxyl groups is 1. The highest BCUT2D eigenvalue weighted by molar-refractivity contribution is 6.30. The van der Waals surface area contributed by atoms with Gasteiger partial charge >= 0.3 is 0 Å². The van der Waals surface area contributed by atoms with Crippen LogP contribution in [0.5, 0.6) is 0 Å². The molecule has 0 saturated heterocycles. The fourth-order valence-electron chi connectivity index (χ4n) is 2.21. The molecule has 0 spiro atoms. The Hall–Kier alpha value is -2.17. The lowest BCUT2D eigenvalue weighted by Gasteiger charge is -2.08. The predicted molar refractivity (Wildman–Crippen MR) is 81.5 cm³/mol. The minimum absolute atomic E-state index is 0.129. The number of hydrogen-bond acceptors (Lipinski definition) is 3. The third kappa shape index (κ3) is 2.96. The minimum Gasteiger partial charge on any atom is -0.390 e. The molecule has 0 radical (unpaired) electrons. The Morgan fingerprint density at radius 3 is 2.38 bits per heavy atom. The van der Waals surface area contributed by atoms with Crippen molar-refractivity contribution in [2.24, 2.45) is 0 Å². The smallest absolute Gasteiger partial charge is 0.112 e. The molecule has 0 fully saturated rings. The van der Waals surface area contributed by atoms with Crippen LogP contribution in [0.25, 0.3) is 5.69 Å². The van der Waals surface area contributed by atoms with E-state index in [0.29, 0.717) is 17.1 Å². The largest absolute Gasteiger partial charge is 0.390 e. The zero-order chi connectivity index (χ0) is 14.7. The molecule has 0 aliphatic heterocycles. The van der Waals surface area contributed by atoms with E-state index in [1.165, 1.54) is 0 Å². The Labute approximate surface area is 127 Å². The monoisotopic (exact) mass is 299 g/mol. The lowest BCUT2D eigenvalue weighted by atomic mass is 10.1. The summed E-state index contributed by atoms with van der Waals surface area (Å²) in [6.07, 6.45) is 0.659. The van der Waals surface area contributed by atoms with E-state index in [9.17, 15) is 5.11 Å². The first-order valence-corrected chi connectivity index (χ1v) is 7.00. The highest BCUT2D eigenvalue weighted by atomic mass is 35.5. The molecule has 0 aliphatic rings. The number of rotatable bonds is 4. The van der Waals surface area contributed by atoms with Crippen molar-refractivity contribution in [2.45, 2.75) is 13.0 Å². The van der Waals surface area contributed by atoms with Gasteiger partial charge in [0.25, 0.3) is 0 Å². The second kappa shape index (κ2) is 6.08. The summed E-state index contributed by atoms with van der Waals surface area (Å²) in [7, 11) is 0. The highest BCUT2D eigenvalue weighted by Crippen LogP contribution is 2.19. The van der Waals surface area contributed by atoms with Crippen LogP contribution >= 0.6 is 11.6 Å². The van der Waals surface area contributed by atoms with Crippen LogP contribution in [0.2, 0.25) is 5.02 Å². The van der Waals surface area contributed by atoms with Crippen molar-refractivity contribution in [3.8, 4) is 5.69 Å². The number of benzene rings is 2. The van der Waals surface area contributed by atoms with Gasteiger partial charge in [0.1, 0.15) is 5.69 Å². The van der Waals surface area contributed by atoms with Crippen LogP contribution in [-0.2, 0) is 13.0 Å². The predicted octanol–water partition coefficient (Wildman–Crippen LogP) is 3.00. The molecule has 0 atom stereocenters. The summed E-state index contributed by atoms with van der Waals surface area (Å²) in [6.45, 7) is -0.129. The molecular formula is C16H14ClN3O. The van der Waals surface area contributed by atoms with Crippen molar-refractivity contribution in [2.75, 3.05) is 0 Å². The van der Waals surface area contributed by atoms with Crippen LogP contribution < -0.4 is 0 Å². The van der Waals surface area contributed by atoms with E-state index in [0.717, 1.165) is 16.9 Å². The Balaban J connectivity index is 2.02. The minimum atomic E-state index is -0.129. The second-order valence-corrected chi connectivity index (χ2v) is 5.13. The molecule has 2 aromatic carbocycles. The van der Waals surface area contributed by atoms with Gasteiger partial charge in [-0.3, -0.25) is 0 Å². The molecule has 5 heteroatoms. The van der Waals surface area contributed by atoms with Crippen LogP contribution in [0, 0.1) is 0 Å². The zero-order valence-corrected chi connectivity index (χ0v) is 12.0. The fraction of sp³-hybridized carbons (Fsp3) is 0.125. The Morgan fingerprint density at radius 1 is 1.00 bits per heavy atom. The lowest BCUT2D eigenvalue weighted by molar-refractivity contribution is 0.275. The van der Waals surface area contributed by atoms with Crippen molar-refractivity contribution in [3.63, 3.8) is 0 Å². The molecular weight excluding hydrogens is 286 g/mol.